The van der Waals surface area contributed by atoms with Crippen molar-refractivity contribution in [3.63, 3.8) is 0 Å². The number of methoxy groups -OCH3 is 2. The number of aromatic nitrogens is 2. The number of nitriles is 2. The van der Waals surface area contributed by atoms with Gasteiger partial charge in [0, 0.05) is 122 Å². The molecule has 2 amide bonds. The van der Waals surface area contributed by atoms with Crippen LogP contribution in [0.3, 0.4) is 0 Å². The SMILES string of the molecule is CN(c1ccc(B2OC(C)(C)C(C)(C)O2)cc1C#N)C1CCOCC1.COc1cc(C(=O)N(C)C)ccc1-c1cc2nccc(-c3ccc(N(C)C4CCOCC4)c(C#N)c3)c2o1.COc1cc(C(=O)N(C)C)ccc1-c1cc2nccc(Cl)c2o1. The summed E-state index contributed by atoms with van der Waals surface area (Å²) in [7, 11) is 13.6. The molecule has 11 rings (SSSR count). The summed E-state index contributed by atoms with van der Waals surface area (Å²) in [5.74, 6) is 2.04. The van der Waals surface area contributed by atoms with Crippen LogP contribution in [0.1, 0.15) is 85.2 Å². The minimum Gasteiger partial charge on any atom is -0.496 e. The molecule has 0 unspecified atom stereocenters. The lowest BCUT2D eigenvalue weighted by atomic mass is 9.78. The number of halogens is 1. The van der Waals surface area contributed by atoms with E-state index in [2.05, 4.69) is 39.0 Å². The Labute approximate surface area is 507 Å². The molecule has 20 heteroatoms. The second-order valence-electron chi connectivity index (χ2n) is 22.8. The Morgan fingerprint density at radius 1 is 0.581 bits per heavy atom. The fourth-order valence-corrected chi connectivity index (χ4v) is 10.8. The van der Waals surface area contributed by atoms with E-state index in [9.17, 15) is 20.1 Å². The van der Waals surface area contributed by atoms with Crippen molar-refractivity contribution >= 4 is 69.6 Å². The highest BCUT2D eigenvalue weighted by molar-refractivity contribution is 6.62. The van der Waals surface area contributed by atoms with Crippen molar-refractivity contribution in [1.29, 1.82) is 10.5 Å². The highest BCUT2D eigenvalue weighted by atomic mass is 35.5. The van der Waals surface area contributed by atoms with Crippen molar-refractivity contribution < 1.29 is 46.7 Å². The van der Waals surface area contributed by atoms with Gasteiger partial charge in [0.25, 0.3) is 11.8 Å². The van der Waals surface area contributed by atoms with Crippen molar-refractivity contribution in [3.8, 4) is 57.4 Å². The van der Waals surface area contributed by atoms with Gasteiger partial charge in [0.1, 0.15) is 46.2 Å². The van der Waals surface area contributed by atoms with Gasteiger partial charge in [0.05, 0.1) is 64.1 Å². The Kier molecular flexibility index (Phi) is 19.1. The average Bonchev–Trinajstić information content (AvgIpc) is 2.84. The molecule has 4 aromatic carbocycles. The molecule has 18 nitrogen and oxygen atoms in total. The van der Waals surface area contributed by atoms with E-state index >= 15 is 0 Å². The Bertz CT molecular complexity index is 3840. The Morgan fingerprint density at radius 3 is 1.50 bits per heavy atom. The topological polar surface area (TPSA) is 202 Å². The third kappa shape index (κ3) is 13.2. The summed E-state index contributed by atoms with van der Waals surface area (Å²) in [4.78, 5) is 40.6. The summed E-state index contributed by atoms with van der Waals surface area (Å²) >= 11 is 6.12. The summed E-state index contributed by atoms with van der Waals surface area (Å²) < 4.78 is 46.3. The van der Waals surface area contributed by atoms with Gasteiger partial charge in [0.2, 0.25) is 0 Å². The number of fused-ring (bicyclic) bond motifs is 2. The van der Waals surface area contributed by atoms with E-state index in [-0.39, 0.29) is 23.0 Å². The van der Waals surface area contributed by atoms with E-state index < -0.39 is 7.12 Å². The first-order valence-electron chi connectivity index (χ1n) is 28.5. The van der Waals surface area contributed by atoms with E-state index in [4.69, 9.17) is 48.7 Å². The normalized spacial score (nSPS) is 15.5. The molecule has 3 aliphatic rings. The number of furan rings is 2. The van der Waals surface area contributed by atoms with E-state index in [1.807, 2.05) is 89.3 Å². The predicted molar refractivity (Wildman–Crippen MR) is 335 cm³/mol. The quantitative estimate of drug-likeness (QED) is 0.104. The molecule has 0 saturated carbocycles. The average molecular weight is 1180 g/mol. The number of hydrogen-bond donors (Lipinski definition) is 0. The van der Waals surface area contributed by atoms with Gasteiger partial charge in [-0.25, -0.2) is 0 Å². The van der Waals surface area contributed by atoms with Crippen LogP contribution in [0.2, 0.25) is 5.02 Å². The van der Waals surface area contributed by atoms with Crippen LogP contribution in [0.15, 0.2) is 118 Å². The van der Waals surface area contributed by atoms with Gasteiger partial charge in [-0.2, -0.15) is 10.5 Å². The number of rotatable bonds is 12. The van der Waals surface area contributed by atoms with Gasteiger partial charge in [0.15, 0.2) is 11.2 Å². The number of nitrogens with zero attached hydrogens (tertiary/aromatic N) is 8. The summed E-state index contributed by atoms with van der Waals surface area (Å²) in [6, 6.07) is 35.1. The second kappa shape index (κ2) is 26.5. The number of pyridine rings is 2. The first-order chi connectivity index (χ1) is 41.2. The highest BCUT2D eigenvalue weighted by Crippen LogP contribution is 2.41. The largest absolute Gasteiger partial charge is 0.496 e. The third-order valence-corrected chi connectivity index (χ3v) is 16.6. The van der Waals surface area contributed by atoms with Crippen LogP contribution in [0, 0.1) is 22.7 Å². The van der Waals surface area contributed by atoms with Crippen LogP contribution < -0.4 is 24.7 Å². The lowest BCUT2D eigenvalue weighted by Crippen LogP contribution is -2.41. The number of anilines is 2. The van der Waals surface area contributed by atoms with Crippen molar-refractivity contribution in [3.05, 3.63) is 137 Å². The molecule has 3 saturated heterocycles. The van der Waals surface area contributed by atoms with Gasteiger partial charge in [-0.15, -0.1) is 0 Å². The number of ether oxygens (including phenoxy) is 4. The van der Waals surface area contributed by atoms with Crippen LogP contribution in [-0.2, 0) is 18.8 Å². The highest BCUT2D eigenvalue weighted by Gasteiger charge is 2.52. The molecular weight excluding hydrogens is 1110 g/mol. The fraction of sp³-hybridized carbons (Fsp3) is 0.364. The Hall–Kier alpha value is -8.43. The van der Waals surface area contributed by atoms with Crippen LogP contribution in [0.25, 0.3) is 56.0 Å². The van der Waals surface area contributed by atoms with E-state index in [1.165, 1.54) is 9.80 Å². The zero-order valence-corrected chi connectivity index (χ0v) is 51.6. The van der Waals surface area contributed by atoms with Crippen molar-refractivity contribution in [2.24, 2.45) is 0 Å². The lowest BCUT2D eigenvalue weighted by molar-refractivity contribution is 0.00578. The smallest absolute Gasteiger partial charge is 0.494 e. The maximum atomic E-state index is 12.4. The molecule has 3 aliphatic heterocycles. The van der Waals surface area contributed by atoms with Gasteiger partial charge in [-0.05, 0) is 137 Å². The zero-order valence-electron chi connectivity index (χ0n) is 50.8. The molecule has 0 atom stereocenters. The summed E-state index contributed by atoms with van der Waals surface area (Å²) in [6.45, 7) is 11.2. The van der Waals surface area contributed by atoms with Crippen molar-refractivity contribution in [2.75, 3.05) is 92.7 Å². The maximum Gasteiger partial charge on any atom is 0.494 e. The van der Waals surface area contributed by atoms with Gasteiger partial charge in [-0.3, -0.25) is 19.6 Å². The Balaban J connectivity index is 0.000000161. The monoisotopic (exact) mass is 1180 g/mol. The molecule has 3 fully saturated rings. The van der Waals surface area contributed by atoms with E-state index in [0.717, 1.165) is 91.2 Å². The molecule has 4 aromatic heterocycles. The molecule has 7 heterocycles. The molecule has 86 heavy (non-hydrogen) atoms. The van der Waals surface area contributed by atoms with Crippen LogP contribution in [0.4, 0.5) is 11.4 Å². The number of carbonyl (C=O) groups is 2. The maximum absolute atomic E-state index is 12.4. The van der Waals surface area contributed by atoms with Crippen LogP contribution in [0.5, 0.6) is 11.5 Å². The van der Waals surface area contributed by atoms with Crippen LogP contribution >= 0.6 is 11.6 Å². The number of carbonyl (C=O) groups excluding carboxylic acids is 2. The minimum absolute atomic E-state index is 0.0934. The zero-order chi connectivity index (χ0) is 61.6. The van der Waals surface area contributed by atoms with E-state index in [0.29, 0.717) is 84.6 Å². The van der Waals surface area contributed by atoms with Gasteiger partial charge < -0.3 is 56.7 Å². The molecule has 446 valence electrons. The first kappa shape index (κ1) is 62.1. The third-order valence-electron chi connectivity index (χ3n) is 16.3. The fourth-order valence-electron chi connectivity index (χ4n) is 10.6. The molecule has 0 spiro atoms. The molecule has 0 bridgehead atoms. The Morgan fingerprint density at radius 2 is 1.03 bits per heavy atom. The molecule has 0 aliphatic carbocycles. The lowest BCUT2D eigenvalue weighted by Gasteiger charge is -2.33. The summed E-state index contributed by atoms with van der Waals surface area (Å²) in [5, 5.41) is 20.1. The second-order valence-corrected chi connectivity index (χ2v) is 23.2. The minimum atomic E-state index is -0.445. The standard InChI is InChI=1S/C30H30N4O4.C19H27BN2O3.C17H15ClN2O3/c1-33(2)30(35)20-5-7-24(27(16-20)36-4)28-17-25-29(38-28)23(9-12-32-25)19-6-8-26(21(15-19)18-31)34(3)22-10-13-37-14-11-22;1-18(2)19(3,4)25-20(24-18)15-6-7-17(14(12-15)13-21)22(5)16-8-10-23-11-9-16;1-20(2)17(21)10-4-5-11(14(8-10)22-3)15-9-13-16(23-15)12(18)6-7-19-13/h5-9,12,15-17,22H,10-11,13-14H2,1-4H3;6-7,12,16H,8-11H2,1-5H3;4-9H,1-3H3. The molecule has 0 N–H and O–H groups in total. The first-order valence-corrected chi connectivity index (χ1v) is 28.8. The number of hydrogen-bond acceptors (Lipinski definition) is 16. The van der Waals surface area contributed by atoms with Crippen LogP contribution in [-0.4, -0.2) is 145 Å². The van der Waals surface area contributed by atoms with E-state index in [1.54, 1.807) is 97.3 Å². The molecule has 0 radical (unpaired) electrons. The predicted octanol–water partition coefficient (Wildman–Crippen LogP) is 11.7. The van der Waals surface area contributed by atoms with Crippen molar-refractivity contribution in [2.45, 2.75) is 76.7 Å². The summed E-state index contributed by atoms with van der Waals surface area (Å²) in [6.07, 6.45) is 7.22. The molecule has 8 aromatic rings. The summed E-state index contributed by atoms with van der Waals surface area (Å²) in [5.41, 5.74) is 9.98. The number of amides is 2. The van der Waals surface area contributed by atoms with Gasteiger partial charge >= 0.3 is 7.12 Å². The number of benzene rings is 4. The van der Waals surface area contributed by atoms with Gasteiger partial charge in [-0.1, -0.05) is 23.7 Å². The molecular formula is C66H72BClN8O10. The van der Waals surface area contributed by atoms with Crippen molar-refractivity contribution in [1.82, 2.24) is 19.8 Å².